The minimum absolute atomic E-state index is 0.000418. The quantitative estimate of drug-likeness (QED) is 0.0323. The molecule has 26 nitrogen and oxygen atoms in total. The summed E-state index contributed by atoms with van der Waals surface area (Å²) in [6.07, 6.45) is -29.6. The van der Waals surface area contributed by atoms with Gasteiger partial charge in [-0.05, 0) is 121 Å². The van der Waals surface area contributed by atoms with Crippen LogP contribution in [0.2, 0.25) is 0 Å². The molecule has 0 amide bonds. The molecule has 10 aromatic carbocycles. The molecule has 3 aliphatic heterocycles. The van der Waals surface area contributed by atoms with Gasteiger partial charge in [0.05, 0.1) is 62.2 Å². The van der Waals surface area contributed by atoms with Gasteiger partial charge in [-0.1, -0.05) is 182 Å². The van der Waals surface area contributed by atoms with Crippen LogP contribution in [-0.4, -0.2) is 177 Å². The van der Waals surface area contributed by atoms with Gasteiger partial charge in [-0.15, -0.1) is 0 Å². The zero-order valence-corrected chi connectivity index (χ0v) is 60.3. The van der Waals surface area contributed by atoms with E-state index in [1.165, 1.54) is 158 Å². The van der Waals surface area contributed by atoms with Gasteiger partial charge in [-0.25, -0.2) is 47.9 Å². The first-order chi connectivity index (χ1) is 55.6. The zero-order chi connectivity index (χ0) is 79.3. The van der Waals surface area contributed by atoms with Crippen LogP contribution in [0.25, 0.3) is 0 Å². The molecular formula is C88H72O26. The fourth-order valence-electron chi connectivity index (χ4n) is 12.6. The molecule has 13 rings (SSSR count). The minimum atomic E-state index is -2.16. The van der Waals surface area contributed by atoms with Crippen LogP contribution in [-0.2, 0) is 71.1 Å². The third-order valence-electron chi connectivity index (χ3n) is 18.3. The monoisotopic (exact) mass is 1540 g/mol. The van der Waals surface area contributed by atoms with Gasteiger partial charge in [-0.2, -0.15) is 0 Å². The first kappa shape index (κ1) is 78.8. The molecule has 0 aromatic heterocycles. The van der Waals surface area contributed by atoms with Gasteiger partial charge < -0.3 is 76.2 Å². The van der Waals surface area contributed by atoms with E-state index in [1.807, 2.05) is 0 Å². The summed E-state index contributed by atoms with van der Waals surface area (Å²) in [5.74, 6) is -10.3. The third kappa shape index (κ3) is 19.9. The van der Waals surface area contributed by atoms with E-state index in [2.05, 4.69) is 0 Å². The maximum absolute atomic E-state index is 15.0. The summed E-state index contributed by atoms with van der Waals surface area (Å²) in [6, 6.07) is 75.9. The predicted molar refractivity (Wildman–Crippen MR) is 398 cm³/mol. The molecule has 15 atom stereocenters. The summed E-state index contributed by atoms with van der Waals surface area (Å²) >= 11 is 0. The van der Waals surface area contributed by atoms with Crippen LogP contribution in [0.4, 0.5) is 0 Å². The average molecular weight is 1550 g/mol. The number of aliphatic hydroxyl groups is 1. The third-order valence-corrected chi connectivity index (χ3v) is 18.3. The number of esters is 10. The highest BCUT2D eigenvalue weighted by molar-refractivity contribution is 5.94. The van der Waals surface area contributed by atoms with E-state index in [0.29, 0.717) is 0 Å². The Bertz CT molecular complexity index is 4900. The molecule has 0 saturated carbocycles. The zero-order valence-electron chi connectivity index (χ0n) is 60.3. The van der Waals surface area contributed by atoms with E-state index in [4.69, 9.17) is 71.1 Å². The van der Waals surface area contributed by atoms with Crippen molar-refractivity contribution in [3.63, 3.8) is 0 Å². The Labute approximate surface area is 651 Å². The van der Waals surface area contributed by atoms with Crippen molar-refractivity contribution in [3.8, 4) is 0 Å². The van der Waals surface area contributed by atoms with E-state index in [-0.39, 0.29) is 55.6 Å². The van der Waals surface area contributed by atoms with Crippen LogP contribution in [0.15, 0.2) is 303 Å². The van der Waals surface area contributed by atoms with Crippen molar-refractivity contribution in [2.24, 2.45) is 0 Å². The molecule has 0 radical (unpaired) electrons. The summed E-state index contributed by atoms with van der Waals surface area (Å²) in [6.45, 7) is -2.80. The summed E-state index contributed by atoms with van der Waals surface area (Å²) in [5.41, 5.74) is -0.204. The lowest BCUT2D eigenvalue weighted by Crippen LogP contribution is -2.50. The van der Waals surface area contributed by atoms with Crippen LogP contribution in [0.5, 0.6) is 0 Å². The molecule has 0 bridgehead atoms. The van der Waals surface area contributed by atoms with E-state index < -0.39 is 172 Å². The number of hydrogen-bond acceptors (Lipinski definition) is 26. The first-order valence-electron chi connectivity index (χ1n) is 36.0. The van der Waals surface area contributed by atoms with E-state index in [1.54, 1.807) is 146 Å². The van der Waals surface area contributed by atoms with Crippen LogP contribution < -0.4 is 0 Å². The molecular weight excluding hydrogens is 1470 g/mol. The SMILES string of the molecule is O=C(OC[C@@H](OC(=O)c1ccccc1)[C@@H]1O[C@@H](O[C@H](COC(=O)c2ccccc2)[C@@H]2O[C@@H](OC[C@@H](OC(=O)c3ccccc3)[C@@H]3O[C@@H](O)[C@H](OC(=O)c4ccccc4)[C@H]3OC(=O)c3ccccc3)[C@H](OC(=O)c3ccccc3)[C@H]2OC(=O)c2ccccc2)[C@H](OC(=O)c2ccccc2)[C@H]1OC(=O)c1ccccc1)c1ccccc1. The number of aliphatic hydroxyl groups excluding tert-OH is 1. The molecule has 0 unspecified atom stereocenters. The average Bonchev–Trinajstić information content (AvgIpc) is 1.62. The summed E-state index contributed by atoms with van der Waals surface area (Å²) in [7, 11) is 0. The lowest BCUT2D eigenvalue weighted by molar-refractivity contribution is -0.247. The minimum Gasteiger partial charge on any atom is -0.459 e. The van der Waals surface area contributed by atoms with Gasteiger partial charge in [0.15, 0.2) is 67.7 Å². The largest absolute Gasteiger partial charge is 0.459 e. The molecule has 0 aliphatic carbocycles. The van der Waals surface area contributed by atoms with E-state index in [0.717, 1.165) is 0 Å². The van der Waals surface area contributed by atoms with Gasteiger partial charge in [0.1, 0.15) is 37.6 Å². The van der Waals surface area contributed by atoms with Crippen LogP contribution in [0.3, 0.4) is 0 Å². The second kappa shape index (κ2) is 38.1. The standard InChI is InChI=1S/C88H72O26/c89-76(54-31-11-1-12-32-54)100-51-64(103-78(91)56-35-15-3-16-36-56)68-72(109-82(95)60-43-23-7-24-44-60)75(112-85(98)63-49-29-10-30-50-63)88(114-68)105-66(52-101-77(90)55-33-13-2-14-34-55)69-71(108-81(94)59-41-21-6-22-42-59)74(111-84(97)62-47-27-9-28-48-62)87(113-69)102-53-65(104-79(92)57-37-17-4-18-38-57)67-70(107-80(93)58-39-19-5-20-40-58)73(86(99)106-67)110-83(96)61-45-25-8-26-46-61/h1-50,64-75,86-88,99H,51-53H2/t64-,65-,66-,67+,68+,69+,70+,71+,72+,73-,74-,75-,86-,87-,88-/m1/s1. The second-order valence-corrected chi connectivity index (χ2v) is 25.9. The van der Waals surface area contributed by atoms with Gasteiger partial charge in [0.25, 0.3) is 0 Å². The first-order valence-corrected chi connectivity index (χ1v) is 36.0. The van der Waals surface area contributed by atoms with Crippen molar-refractivity contribution in [2.75, 3.05) is 19.8 Å². The van der Waals surface area contributed by atoms with Crippen molar-refractivity contribution < 1.29 is 124 Å². The van der Waals surface area contributed by atoms with Crippen molar-refractivity contribution in [3.05, 3.63) is 359 Å². The fraction of sp³-hybridized carbons (Fsp3) is 0.205. The maximum atomic E-state index is 15.0. The topological polar surface area (TPSA) is 329 Å². The Morgan fingerprint density at radius 1 is 0.246 bits per heavy atom. The lowest BCUT2D eigenvalue weighted by atomic mass is 10.0. The van der Waals surface area contributed by atoms with Crippen molar-refractivity contribution in [2.45, 2.75) is 92.1 Å². The molecule has 1 N–H and O–H groups in total. The van der Waals surface area contributed by atoms with Crippen LogP contribution >= 0.6 is 0 Å². The maximum Gasteiger partial charge on any atom is 0.338 e. The molecule has 114 heavy (non-hydrogen) atoms. The highest BCUT2D eigenvalue weighted by atomic mass is 16.8. The molecule has 26 heteroatoms. The van der Waals surface area contributed by atoms with Gasteiger partial charge in [0.2, 0.25) is 0 Å². The number of rotatable bonds is 30. The molecule has 3 fully saturated rings. The molecule has 0 spiro atoms. The molecule has 10 aromatic rings. The van der Waals surface area contributed by atoms with Crippen molar-refractivity contribution >= 4 is 59.7 Å². The summed E-state index contributed by atoms with van der Waals surface area (Å²) in [4.78, 5) is 146. The molecule has 3 saturated heterocycles. The number of carbonyl (C=O) groups is 10. The highest BCUT2D eigenvalue weighted by Gasteiger charge is 2.60. The van der Waals surface area contributed by atoms with Gasteiger partial charge in [-0.3, -0.25) is 0 Å². The van der Waals surface area contributed by atoms with Crippen LogP contribution in [0.1, 0.15) is 104 Å². The Kier molecular flexibility index (Phi) is 26.3. The number of benzene rings is 10. The van der Waals surface area contributed by atoms with Crippen molar-refractivity contribution in [1.29, 1.82) is 0 Å². The highest BCUT2D eigenvalue weighted by Crippen LogP contribution is 2.39. The fourth-order valence-corrected chi connectivity index (χ4v) is 12.6. The van der Waals surface area contributed by atoms with Crippen molar-refractivity contribution in [1.82, 2.24) is 0 Å². The second-order valence-electron chi connectivity index (χ2n) is 25.9. The lowest BCUT2D eigenvalue weighted by Gasteiger charge is -2.31. The summed E-state index contributed by atoms with van der Waals surface area (Å²) in [5, 5.41) is 11.9. The Morgan fingerprint density at radius 3 is 0.781 bits per heavy atom. The molecule has 3 aliphatic rings. The van der Waals surface area contributed by atoms with Gasteiger partial charge >= 0.3 is 59.7 Å². The smallest absolute Gasteiger partial charge is 0.338 e. The number of ether oxygens (including phenoxy) is 15. The molecule has 580 valence electrons. The van der Waals surface area contributed by atoms with E-state index in [9.17, 15) is 48.3 Å². The Morgan fingerprint density at radius 2 is 0.465 bits per heavy atom. The van der Waals surface area contributed by atoms with Crippen LogP contribution in [0, 0.1) is 0 Å². The number of hydrogen-bond donors (Lipinski definition) is 1. The summed E-state index contributed by atoms with van der Waals surface area (Å²) < 4.78 is 95.9. The normalized spacial score (nSPS) is 21.5. The Hall–Kier alpha value is -13.3. The Balaban J connectivity index is 0.940. The van der Waals surface area contributed by atoms with E-state index >= 15 is 4.79 Å². The molecule has 3 heterocycles. The number of carbonyl (C=O) groups excluding carboxylic acids is 10. The predicted octanol–water partition coefficient (Wildman–Crippen LogP) is 11.1. The van der Waals surface area contributed by atoms with Gasteiger partial charge in [0, 0.05) is 0 Å².